The quantitative estimate of drug-likeness (QED) is 0.148. The Morgan fingerprint density at radius 2 is 0.694 bits per heavy atom. The van der Waals surface area contributed by atoms with Crippen LogP contribution in [-0.4, -0.2) is 0 Å². The second-order valence-electron chi connectivity index (χ2n) is 16.9. The molecular formula is C61H45N. The van der Waals surface area contributed by atoms with Gasteiger partial charge in [-0.3, -0.25) is 0 Å². The predicted octanol–water partition coefficient (Wildman–Crippen LogP) is 17.0. The van der Waals surface area contributed by atoms with Gasteiger partial charge in [-0.15, -0.1) is 0 Å². The van der Waals surface area contributed by atoms with Gasteiger partial charge in [0.15, 0.2) is 0 Å². The van der Waals surface area contributed by atoms with Crippen LogP contribution in [0.15, 0.2) is 237 Å². The zero-order valence-corrected chi connectivity index (χ0v) is 35.0. The number of benzene rings is 10. The number of rotatable bonds is 8. The fraction of sp³-hybridized carbons (Fsp3) is 0.0492. The van der Waals surface area contributed by atoms with E-state index < -0.39 is 0 Å². The van der Waals surface area contributed by atoms with Gasteiger partial charge in [-0.2, -0.15) is 0 Å². The Kier molecular flexibility index (Phi) is 9.24. The summed E-state index contributed by atoms with van der Waals surface area (Å²) >= 11 is 0. The van der Waals surface area contributed by atoms with Crippen molar-refractivity contribution in [3.05, 3.63) is 248 Å². The summed E-state index contributed by atoms with van der Waals surface area (Å²) in [5, 5.41) is 2.58. The van der Waals surface area contributed by atoms with E-state index in [0.29, 0.717) is 0 Å². The maximum Gasteiger partial charge on any atom is 0.0546 e. The van der Waals surface area contributed by atoms with E-state index in [0.717, 1.165) is 17.1 Å². The van der Waals surface area contributed by atoms with E-state index in [1.165, 1.54) is 88.7 Å². The molecule has 294 valence electrons. The van der Waals surface area contributed by atoms with Crippen molar-refractivity contribution in [1.82, 2.24) is 0 Å². The van der Waals surface area contributed by atoms with Crippen LogP contribution in [0, 0.1) is 0 Å². The van der Waals surface area contributed by atoms with Crippen molar-refractivity contribution in [3.8, 4) is 66.8 Å². The average molecular weight is 792 g/mol. The SMILES string of the molecule is CC1(C)c2c(-c3ccccc3)cccc2-c2c(N(c3ccc(-c4ccc(-c5ccccc5)cc4)cc3)c3ccc(-c4ccc(-c5ccccc5)cc4)cc3)ccc3cccc1c23. The van der Waals surface area contributed by atoms with Crippen LogP contribution in [-0.2, 0) is 5.41 Å². The molecule has 1 heteroatoms. The molecule has 0 N–H and O–H groups in total. The van der Waals surface area contributed by atoms with E-state index in [9.17, 15) is 0 Å². The lowest BCUT2D eigenvalue weighted by Crippen LogP contribution is -2.25. The molecule has 0 fully saturated rings. The van der Waals surface area contributed by atoms with Crippen molar-refractivity contribution >= 4 is 27.8 Å². The summed E-state index contributed by atoms with van der Waals surface area (Å²) in [4.78, 5) is 2.47. The highest BCUT2D eigenvalue weighted by atomic mass is 15.1. The molecule has 0 unspecified atom stereocenters. The van der Waals surface area contributed by atoms with Crippen LogP contribution in [0.4, 0.5) is 17.1 Å². The molecule has 0 aromatic heterocycles. The summed E-state index contributed by atoms with van der Waals surface area (Å²) in [6.45, 7) is 4.80. The van der Waals surface area contributed by atoms with Crippen molar-refractivity contribution in [3.63, 3.8) is 0 Å². The summed E-state index contributed by atoms with van der Waals surface area (Å²) in [6.07, 6.45) is 0. The fourth-order valence-electron chi connectivity index (χ4n) is 9.78. The molecule has 11 rings (SSSR count). The molecule has 1 aliphatic carbocycles. The molecule has 0 amide bonds. The lowest BCUT2D eigenvalue weighted by atomic mass is 9.66. The molecule has 0 saturated carbocycles. The standard InChI is InChI=1S/C61H45N/c1-61(2)56-23-12-20-51-36-41-57(59(58(51)56)55-22-13-21-54(60(55)61)50-18-10-5-11-19-50)62(52-37-32-48(33-38-52)46-28-24-44(25-29-46)42-14-6-3-7-15-42)53-39-34-49(35-40-53)47-30-26-45(27-31-47)43-16-8-4-9-17-43/h3-41H,1-2H3. The van der Waals surface area contributed by atoms with Gasteiger partial charge < -0.3 is 4.90 Å². The minimum absolute atomic E-state index is 0.229. The third-order valence-electron chi connectivity index (χ3n) is 12.9. The smallest absolute Gasteiger partial charge is 0.0546 e. The van der Waals surface area contributed by atoms with E-state index in [4.69, 9.17) is 0 Å². The van der Waals surface area contributed by atoms with Gasteiger partial charge in [0.25, 0.3) is 0 Å². The molecular weight excluding hydrogens is 747 g/mol. The van der Waals surface area contributed by atoms with Crippen LogP contribution in [0.3, 0.4) is 0 Å². The van der Waals surface area contributed by atoms with E-state index in [-0.39, 0.29) is 5.41 Å². The van der Waals surface area contributed by atoms with Crippen LogP contribution < -0.4 is 4.90 Å². The van der Waals surface area contributed by atoms with Crippen LogP contribution >= 0.6 is 0 Å². The summed E-state index contributed by atoms with van der Waals surface area (Å²) < 4.78 is 0. The van der Waals surface area contributed by atoms with Crippen molar-refractivity contribution in [1.29, 1.82) is 0 Å². The first-order valence-electron chi connectivity index (χ1n) is 21.6. The first-order chi connectivity index (χ1) is 30.5. The summed E-state index contributed by atoms with van der Waals surface area (Å²) in [5.41, 5.74) is 20.6. The highest BCUT2D eigenvalue weighted by Gasteiger charge is 2.37. The van der Waals surface area contributed by atoms with Crippen LogP contribution in [0.5, 0.6) is 0 Å². The van der Waals surface area contributed by atoms with Crippen LogP contribution in [0.2, 0.25) is 0 Å². The molecule has 10 aromatic rings. The minimum Gasteiger partial charge on any atom is -0.310 e. The van der Waals surface area contributed by atoms with E-state index in [1.807, 2.05) is 0 Å². The average Bonchev–Trinajstić information content (AvgIpc) is 3.34. The molecule has 0 radical (unpaired) electrons. The van der Waals surface area contributed by atoms with E-state index in [2.05, 4.69) is 255 Å². The van der Waals surface area contributed by atoms with Gasteiger partial charge in [-0.05, 0) is 113 Å². The molecule has 0 spiro atoms. The second kappa shape index (κ2) is 15.4. The Hall–Kier alpha value is -7.74. The number of fused-ring (bicyclic) bond motifs is 2. The highest BCUT2D eigenvalue weighted by Crippen LogP contribution is 2.56. The van der Waals surface area contributed by atoms with E-state index in [1.54, 1.807) is 0 Å². The fourth-order valence-corrected chi connectivity index (χ4v) is 9.78. The van der Waals surface area contributed by atoms with Crippen molar-refractivity contribution < 1.29 is 0 Å². The van der Waals surface area contributed by atoms with E-state index >= 15 is 0 Å². The van der Waals surface area contributed by atoms with Gasteiger partial charge in [0.05, 0.1) is 5.69 Å². The molecule has 0 heterocycles. The molecule has 0 atom stereocenters. The lowest BCUT2D eigenvalue weighted by molar-refractivity contribution is 0.647. The Morgan fingerprint density at radius 3 is 1.16 bits per heavy atom. The van der Waals surface area contributed by atoms with Gasteiger partial charge in [0, 0.05) is 22.4 Å². The Labute approximate surface area is 364 Å². The molecule has 62 heavy (non-hydrogen) atoms. The maximum atomic E-state index is 2.47. The first-order valence-corrected chi connectivity index (χ1v) is 21.6. The zero-order chi connectivity index (χ0) is 41.6. The molecule has 1 nitrogen and oxygen atoms in total. The van der Waals surface area contributed by atoms with Gasteiger partial charge in [0.2, 0.25) is 0 Å². The number of hydrogen-bond donors (Lipinski definition) is 0. The molecule has 0 aliphatic heterocycles. The van der Waals surface area contributed by atoms with Crippen molar-refractivity contribution in [2.75, 3.05) is 4.90 Å². The topological polar surface area (TPSA) is 3.24 Å². The molecule has 10 aromatic carbocycles. The predicted molar refractivity (Wildman–Crippen MR) is 263 cm³/mol. The largest absolute Gasteiger partial charge is 0.310 e. The Morgan fingerprint density at radius 1 is 0.306 bits per heavy atom. The highest BCUT2D eigenvalue weighted by molar-refractivity contribution is 6.11. The second-order valence-corrected chi connectivity index (χ2v) is 16.9. The number of nitrogens with zero attached hydrogens (tertiary/aromatic N) is 1. The number of hydrogen-bond acceptors (Lipinski definition) is 1. The van der Waals surface area contributed by atoms with Gasteiger partial charge in [-0.25, -0.2) is 0 Å². The minimum atomic E-state index is -0.229. The Balaban J connectivity index is 1.06. The van der Waals surface area contributed by atoms with Crippen molar-refractivity contribution in [2.24, 2.45) is 0 Å². The number of anilines is 3. The normalized spacial score (nSPS) is 12.5. The third kappa shape index (κ3) is 6.51. The third-order valence-corrected chi connectivity index (χ3v) is 12.9. The van der Waals surface area contributed by atoms with Crippen LogP contribution in [0.25, 0.3) is 77.5 Å². The Bertz CT molecular complexity index is 3060. The van der Waals surface area contributed by atoms with Gasteiger partial charge >= 0.3 is 0 Å². The summed E-state index contributed by atoms with van der Waals surface area (Å²) in [5.74, 6) is 0. The first kappa shape index (κ1) is 37.3. The van der Waals surface area contributed by atoms with Gasteiger partial charge in [0.1, 0.15) is 0 Å². The summed E-state index contributed by atoms with van der Waals surface area (Å²) in [7, 11) is 0. The molecule has 1 aliphatic rings. The van der Waals surface area contributed by atoms with Crippen LogP contribution in [0.1, 0.15) is 25.0 Å². The zero-order valence-electron chi connectivity index (χ0n) is 35.0. The van der Waals surface area contributed by atoms with Crippen molar-refractivity contribution in [2.45, 2.75) is 19.3 Å². The molecule has 0 saturated heterocycles. The maximum absolute atomic E-state index is 2.47. The molecule has 0 bridgehead atoms. The lowest BCUT2D eigenvalue weighted by Gasteiger charge is -2.39. The summed E-state index contributed by atoms with van der Waals surface area (Å²) in [6, 6.07) is 86.5. The van der Waals surface area contributed by atoms with Gasteiger partial charge in [-0.1, -0.05) is 220 Å². The monoisotopic (exact) mass is 791 g/mol.